The molecular weight excluding hydrogens is 280 g/mol. The molecule has 0 aliphatic carbocycles. The Kier molecular flexibility index (Phi) is 6.07. The van der Waals surface area contributed by atoms with Crippen molar-refractivity contribution in [2.24, 2.45) is 11.7 Å². The summed E-state index contributed by atoms with van der Waals surface area (Å²) in [6.07, 6.45) is 2.81. The normalized spacial score (nSPS) is 21.6. The highest BCUT2D eigenvalue weighted by Crippen LogP contribution is 2.27. The molecule has 0 spiro atoms. The van der Waals surface area contributed by atoms with Crippen molar-refractivity contribution in [3.63, 3.8) is 0 Å². The molecule has 1 aliphatic heterocycles. The summed E-state index contributed by atoms with van der Waals surface area (Å²) in [5, 5.41) is 8.84. The Labute approximate surface area is 132 Å². The van der Waals surface area contributed by atoms with E-state index in [1.54, 1.807) is 0 Å². The Bertz CT molecular complexity index is 475. The second kappa shape index (κ2) is 8.03. The summed E-state index contributed by atoms with van der Waals surface area (Å²) in [5.41, 5.74) is 7.27. The van der Waals surface area contributed by atoms with Crippen molar-refractivity contribution in [3.05, 3.63) is 24.3 Å². The maximum absolute atomic E-state index is 10.7. The number of hydrogen-bond donors (Lipinski definition) is 2. The maximum Gasteiger partial charge on any atom is 0.303 e. The van der Waals surface area contributed by atoms with Crippen LogP contribution in [0.3, 0.4) is 0 Å². The van der Waals surface area contributed by atoms with E-state index >= 15 is 0 Å². The number of rotatable bonds is 7. The van der Waals surface area contributed by atoms with E-state index in [0.29, 0.717) is 12.3 Å². The molecule has 0 amide bonds. The number of anilines is 1. The van der Waals surface area contributed by atoms with Gasteiger partial charge in [0.1, 0.15) is 5.75 Å². The Morgan fingerprint density at radius 2 is 2.09 bits per heavy atom. The minimum Gasteiger partial charge on any atom is -0.494 e. The highest BCUT2D eigenvalue weighted by molar-refractivity contribution is 5.66. The highest BCUT2D eigenvalue weighted by Gasteiger charge is 2.25. The third-order valence-electron chi connectivity index (χ3n) is 4.01. The fourth-order valence-electron chi connectivity index (χ4n) is 2.97. The SMILES string of the molecule is CCCOc1ccc(N2CC(N)CC(CCC(=O)O)C2)cc1. The van der Waals surface area contributed by atoms with Crippen molar-refractivity contribution < 1.29 is 14.6 Å². The third kappa shape index (κ3) is 4.91. The van der Waals surface area contributed by atoms with Crippen LogP contribution >= 0.6 is 0 Å². The number of nitrogens with two attached hydrogens (primary N) is 1. The number of carboxylic acids is 1. The number of piperidine rings is 1. The van der Waals surface area contributed by atoms with E-state index in [1.165, 1.54) is 0 Å². The van der Waals surface area contributed by atoms with Crippen molar-refractivity contribution in [1.29, 1.82) is 0 Å². The van der Waals surface area contributed by atoms with Gasteiger partial charge in [-0.15, -0.1) is 0 Å². The first-order chi connectivity index (χ1) is 10.6. The predicted molar refractivity (Wildman–Crippen MR) is 87.4 cm³/mol. The van der Waals surface area contributed by atoms with Gasteiger partial charge in [0.2, 0.25) is 0 Å². The van der Waals surface area contributed by atoms with Crippen LogP contribution in [0.25, 0.3) is 0 Å². The Balaban J connectivity index is 1.96. The minimum atomic E-state index is -0.733. The molecule has 0 aromatic heterocycles. The molecule has 2 rings (SSSR count). The average molecular weight is 306 g/mol. The molecule has 1 aliphatic rings. The number of ether oxygens (including phenoxy) is 1. The van der Waals surface area contributed by atoms with Gasteiger partial charge in [-0.05, 0) is 49.4 Å². The van der Waals surface area contributed by atoms with Gasteiger partial charge in [0, 0.05) is 31.2 Å². The fraction of sp³-hybridized carbons (Fsp3) is 0.588. The summed E-state index contributed by atoms with van der Waals surface area (Å²) in [7, 11) is 0. The van der Waals surface area contributed by atoms with E-state index in [9.17, 15) is 4.79 Å². The summed E-state index contributed by atoms with van der Waals surface area (Å²) in [6.45, 7) is 4.50. The van der Waals surface area contributed by atoms with E-state index in [2.05, 4.69) is 24.0 Å². The van der Waals surface area contributed by atoms with Crippen molar-refractivity contribution in [3.8, 4) is 5.75 Å². The number of carboxylic acid groups (broad SMARTS) is 1. The van der Waals surface area contributed by atoms with E-state index < -0.39 is 5.97 Å². The van der Waals surface area contributed by atoms with Crippen LogP contribution < -0.4 is 15.4 Å². The lowest BCUT2D eigenvalue weighted by atomic mass is 9.90. The van der Waals surface area contributed by atoms with Crippen molar-refractivity contribution >= 4 is 11.7 Å². The Morgan fingerprint density at radius 1 is 1.36 bits per heavy atom. The molecule has 0 bridgehead atoms. The van der Waals surface area contributed by atoms with Gasteiger partial charge in [0.05, 0.1) is 6.61 Å². The van der Waals surface area contributed by atoms with Gasteiger partial charge in [-0.1, -0.05) is 6.92 Å². The number of nitrogens with zero attached hydrogens (tertiary/aromatic N) is 1. The second-order valence-corrected chi connectivity index (χ2v) is 6.04. The predicted octanol–water partition coefficient (Wildman–Crippen LogP) is 2.49. The molecule has 0 radical (unpaired) electrons. The lowest BCUT2D eigenvalue weighted by molar-refractivity contribution is -0.137. The first-order valence-electron chi connectivity index (χ1n) is 8.03. The zero-order chi connectivity index (χ0) is 15.9. The van der Waals surface area contributed by atoms with E-state index in [1.807, 2.05) is 12.1 Å². The number of aliphatic carboxylic acids is 1. The van der Waals surface area contributed by atoms with Crippen LogP contribution in [0.1, 0.15) is 32.6 Å². The summed E-state index contributed by atoms with van der Waals surface area (Å²) >= 11 is 0. The molecule has 5 heteroatoms. The third-order valence-corrected chi connectivity index (χ3v) is 4.01. The van der Waals surface area contributed by atoms with Crippen LogP contribution in [0.4, 0.5) is 5.69 Å². The first-order valence-corrected chi connectivity index (χ1v) is 8.03. The van der Waals surface area contributed by atoms with Gasteiger partial charge in [-0.25, -0.2) is 0 Å². The molecule has 0 saturated carbocycles. The molecule has 1 aromatic carbocycles. The molecule has 3 N–H and O–H groups in total. The molecular formula is C17H26N2O3. The lowest BCUT2D eigenvalue weighted by Gasteiger charge is -2.37. The van der Waals surface area contributed by atoms with Crippen molar-refractivity contribution in [2.75, 3.05) is 24.6 Å². The van der Waals surface area contributed by atoms with Gasteiger partial charge in [-0.2, -0.15) is 0 Å². The summed E-state index contributed by atoms with van der Waals surface area (Å²) in [4.78, 5) is 13.0. The highest BCUT2D eigenvalue weighted by atomic mass is 16.5. The van der Waals surface area contributed by atoms with Crippen LogP contribution in [-0.4, -0.2) is 36.8 Å². The molecule has 1 aromatic rings. The summed E-state index contributed by atoms with van der Waals surface area (Å²) in [5.74, 6) is 0.494. The average Bonchev–Trinajstić information content (AvgIpc) is 2.51. The topological polar surface area (TPSA) is 75.8 Å². The number of carbonyl (C=O) groups is 1. The van der Waals surface area contributed by atoms with Crippen LogP contribution in [0, 0.1) is 5.92 Å². The summed E-state index contributed by atoms with van der Waals surface area (Å²) < 4.78 is 5.60. The molecule has 1 saturated heterocycles. The van der Waals surface area contributed by atoms with Crippen LogP contribution in [0.15, 0.2) is 24.3 Å². The smallest absolute Gasteiger partial charge is 0.303 e. The standard InChI is InChI=1S/C17H26N2O3/c1-2-9-22-16-6-4-15(5-7-16)19-11-13(3-8-17(20)21)10-14(18)12-19/h4-7,13-14H,2-3,8-12,18H2,1H3,(H,20,21). The summed E-state index contributed by atoms with van der Waals surface area (Å²) in [6, 6.07) is 8.17. The fourth-order valence-corrected chi connectivity index (χ4v) is 2.97. The van der Waals surface area contributed by atoms with E-state index in [4.69, 9.17) is 15.6 Å². The molecule has 22 heavy (non-hydrogen) atoms. The molecule has 122 valence electrons. The number of benzene rings is 1. The zero-order valence-electron chi connectivity index (χ0n) is 13.2. The Morgan fingerprint density at radius 3 is 2.73 bits per heavy atom. The largest absolute Gasteiger partial charge is 0.494 e. The Hall–Kier alpha value is -1.75. The van der Waals surface area contributed by atoms with Gasteiger partial charge in [0.25, 0.3) is 0 Å². The molecule has 2 atom stereocenters. The van der Waals surface area contributed by atoms with E-state index in [0.717, 1.165) is 44.0 Å². The molecule has 5 nitrogen and oxygen atoms in total. The van der Waals surface area contributed by atoms with Crippen LogP contribution in [-0.2, 0) is 4.79 Å². The van der Waals surface area contributed by atoms with Crippen LogP contribution in [0.5, 0.6) is 5.75 Å². The molecule has 2 unspecified atom stereocenters. The first kappa shape index (κ1) is 16.6. The van der Waals surface area contributed by atoms with Crippen molar-refractivity contribution in [1.82, 2.24) is 0 Å². The monoisotopic (exact) mass is 306 g/mol. The van der Waals surface area contributed by atoms with Gasteiger partial charge < -0.3 is 20.5 Å². The van der Waals surface area contributed by atoms with E-state index in [-0.39, 0.29) is 12.5 Å². The molecule has 1 fully saturated rings. The van der Waals surface area contributed by atoms with Gasteiger partial charge >= 0.3 is 5.97 Å². The van der Waals surface area contributed by atoms with Gasteiger partial charge in [0.15, 0.2) is 0 Å². The van der Waals surface area contributed by atoms with Crippen molar-refractivity contribution in [2.45, 2.75) is 38.6 Å². The molecule has 1 heterocycles. The second-order valence-electron chi connectivity index (χ2n) is 6.04. The lowest BCUT2D eigenvalue weighted by Crippen LogP contribution is -2.47. The zero-order valence-corrected chi connectivity index (χ0v) is 13.2. The quantitative estimate of drug-likeness (QED) is 0.809. The number of hydrogen-bond acceptors (Lipinski definition) is 4. The maximum atomic E-state index is 10.7. The van der Waals surface area contributed by atoms with Gasteiger partial charge in [-0.3, -0.25) is 4.79 Å². The minimum absolute atomic E-state index is 0.101. The van der Waals surface area contributed by atoms with Crippen LogP contribution in [0.2, 0.25) is 0 Å².